The molecule has 3 aromatic heterocycles. The highest BCUT2D eigenvalue weighted by molar-refractivity contribution is 5.94. The number of anilines is 2. The summed E-state index contributed by atoms with van der Waals surface area (Å²) in [6.45, 7) is 5.27. The van der Waals surface area contributed by atoms with E-state index in [1.807, 2.05) is 32.0 Å². The molecule has 7 nitrogen and oxygen atoms in total. The fourth-order valence-electron chi connectivity index (χ4n) is 2.50. The maximum atomic E-state index is 12.3. The number of carbonyl (C=O) groups is 1. The third-order valence-corrected chi connectivity index (χ3v) is 3.89. The normalized spacial score (nSPS) is 10.4. The van der Waals surface area contributed by atoms with E-state index in [1.165, 1.54) is 0 Å². The zero-order valence-electron chi connectivity index (χ0n) is 14.8. The number of nitrogens with zero attached hydrogens (tertiary/aromatic N) is 5. The summed E-state index contributed by atoms with van der Waals surface area (Å²) < 4.78 is 0. The van der Waals surface area contributed by atoms with Gasteiger partial charge < -0.3 is 10.2 Å². The van der Waals surface area contributed by atoms with Crippen LogP contribution in [-0.2, 0) is 0 Å². The Morgan fingerprint density at radius 1 is 0.962 bits per heavy atom. The number of pyridine rings is 2. The molecule has 0 aliphatic heterocycles. The smallest absolute Gasteiger partial charge is 0.255 e. The van der Waals surface area contributed by atoms with Gasteiger partial charge in [-0.2, -0.15) is 0 Å². The third-order valence-electron chi connectivity index (χ3n) is 3.89. The van der Waals surface area contributed by atoms with E-state index < -0.39 is 0 Å². The largest absolute Gasteiger partial charge is 0.339 e. The Balaban J connectivity index is 1.75. The summed E-state index contributed by atoms with van der Waals surface area (Å²) in [5, 5.41) is 3.14. The first kappa shape index (κ1) is 17.5. The second-order valence-corrected chi connectivity index (χ2v) is 5.53. The van der Waals surface area contributed by atoms with Gasteiger partial charge in [0.2, 0.25) is 0 Å². The van der Waals surface area contributed by atoms with Crippen molar-refractivity contribution in [2.45, 2.75) is 13.8 Å². The van der Waals surface area contributed by atoms with Gasteiger partial charge in [0, 0.05) is 31.7 Å². The molecule has 1 N–H and O–H groups in total. The highest BCUT2D eigenvalue weighted by Gasteiger charge is 2.12. The molecule has 0 fully saturated rings. The van der Waals surface area contributed by atoms with Crippen LogP contribution in [0.2, 0.25) is 0 Å². The molecule has 0 aliphatic carbocycles. The number of carbonyl (C=O) groups excluding carboxylic acids is 1. The third kappa shape index (κ3) is 4.00. The lowest BCUT2D eigenvalue weighted by Gasteiger charge is -2.18. The first-order valence-corrected chi connectivity index (χ1v) is 8.47. The van der Waals surface area contributed by atoms with Crippen LogP contribution in [0.15, 0.2) is 55.1 Å². The highest BCUT2D eigenvalue weighted by Crippen LogP contribution is 2.18. The molecule has 0 atom stereocenters. The van der Waals surface area contributed by atoms with Crippen LogP contribution in [0.1, 0.15) is 24.2 Å². The summed E-state index contributed by atoms with van der Waals surface area (Å²) in [5.74, 6) is 1.24. The molecule has 3 aromatic rings. The van der Waals surface area contributed by atoms with E-state index >= 15 is 0 Å². The molecular formula is C19H20N6O. The first-order valence-electron chi connectivity index (χ1n) is 8.47. The van der Waals surface area contributed by atoms with Crippen molar-refractivity contribution < 1.29 is 4.79 Å². The summed E-state index contributed by atoms with van der Waals surface area (Å²) in [5.41, 5.74) is 1.99. The highest BCUT2D eigenvalue weighted by atomic mass is 16.2. The Hall–Kier alpha value is -3.35. The van der Waals surface area contributed by atoms with Crippen LogP contribution in [-0.4, -0.2) is 43.8 Å². The lowest BCUT2D eigenvalue weighted by molar-refractivity contribution is 0.0772. The Kier molecular flexibility index (Phi) is 5.48. The second-order valence-electron chi connectivity index (χ2n) is 5.53. The number of hydrogen-bond donors (Lipinski definition) is 1. The van der Waals surface area contributed by atoms with Crippen LogP contribution in [0.25, 0.3) is 11.4 Å². The molecule has 0 saturated carbocycles. The molecule has 0 aliphatic rings. The molecule has 7 heteroatoms. The minimum absolute atomic E-state index is 0.0168. The second kappa shape index (κ2) is 8.15. The van der Waals surface area contributed by atoms with Crippen LogP contribution < -0.4 is 5.32 Å². The van der Waals surface area contributed by atoms with Gasteiger partial charge in [-0.05, 0) is 38.1 Å². The van der Waals surface area contributed by atoms with Gasteiger partial charge in [0.15, 0.2) is 0 Å². The predicted molar refractivity (Wildman–Crippen MR) is 100 cm³/mol. The molecule has 0 radical (unpaired) electrons. The summed E-state index contributed by atoms with van der Waals surface area (Å²) >= 11 is 0. The van der Waals surface area contributed by atoms with Crippen LogP contribution in [0.3, 0.4) is 0 Å². The van der Waals surface area contributed by atoms with Crippen molar-refractivity contribution in [3.8, 4) is 11.4 Å². The van der Waals surface area contributed by atoms with Gasteiger partial charge in [-0.15, -0.1) is 0 Å². The van der Waals surface area contributed by atoms with E-state index in [4.69, 9.17) is 0 Å². The fourth-order valence-corrected chi connectivity index (χ4v) is 2.50. The van der Waals surface area contributed by atoms with E-state index in [2.05, 4.69) is 25.3 Å². The molecule has 0 unspecified atom stereocenters. The number of nitrogens with one attached hydrogen (secondary N) is 1. The Morgan fingerprint density at radius 3 is 2.46 bits per heavy atom. The molecular weight excluding hydrogens is 328 g/mol. The molecule has 132 valence electrons. The van der Waals surface area contributed by atoms with E-state index in [0.29, 0.717) is 36.0 Å². The van der Waals surface area contributed by atoms with E-state index in [0.717, 1.165) is 5.69 Å². The van der Waals surface area contributed by atoms with Crippen molar-refractivity contribution in [2.24, 2.45) is 0 Å². The molecule has 0 saturated heterocycles. The predicted octanol–water partition coefficient (Wildman–Crippen LogP) is 3.16. The van der Waals surface area contributed by atoms with Crippen molar-refractivity contribution in [1.82, 2.24) is 24.8 Å². The first-order chi connectivity index (χ1) is 12.7. The topological polar surface area (TPSA) is 83.9 Å². The fraction of sp³-hybridized carbons (Fsp3) is 0.211. The summed E-state index contributed by atoms with van der Waals surface area (Å²) in [6.07, 6.45) is 6.49. The van der Waals surface area contributed by atoms with Gasteiger partial charge in [0.05, 0.1) is 17.5 Å². The van der Waals surface area contributed by atoms with Crippen molar-refractivity contribution in [3.05, 3.63) is 60.7 Å². The van der Waals surface area contributed by atoms with Gasteiger partial charge in [0.1, 0.15) is 17.3 Å². The van der Waals surface area contributed by atoms with Crippen LogP contribution in [0.5, 0.6) is 0 Å². The Bertz CT molecular complexity index is 863. The van der Waals surface area contributed by atoms with Gasteiger partial charge in [-0.25, -0.2) is 9.97 Å². The summed E-state index contributed by atoms with van der Waals surface area (Å²) in [4.78, 5) is 31.2. The number of rotatable bonds is 6. The van der Waals surface area contributed by atoms with E-state index in [1.54, 1.807) is 41.8 Å². The summed E-state index contributed by atoms with van der Waals surface area (Å²) in [6, 6.07) is 9.14. The number of aromatic nitrogens is 4. The van der Waals surface area contributed by atoms with Crippen molar-refractivity contribution in [2.75, 3.05) is 18.4 Å². The maximum absolute atomic E-state index is 12.3. The van der Waals surface area contributed by atoms with Gasteiger partial charge in [-0.1, -0.05) is 6.07 Å². The molecule has 3 rings (SSSR count). The average molecular weight is 348 g/mol. The Morgan fingerprint density at radius 2 is 1.81 bits per heavy atom. The van der Waals surface area contributed by atoms with Gasteiger partial charge in [0.25, 0.3) is 5.91 Å². The van der Waals surface area contributed by atoms with Crippen LogP contribution >= 0.6 is 0 Å². The quantitative estimate of drug-likeness (QED) is 0.737. The Labute approximate surface area is 152 Å². The van der Waals surface area contributed by atoms with Crippen molar-refractivity contribution >= 4 is 17.5 Å². The minimum Gasteiger partial charge on any atom is -0.339 e. The van der Waals surface area contributed by atoms with Gasteiger partial charge >= 0.3 is 0 Å². The number of amides is 1. The average Bonchev–Trinajstić information content (AvgIpc) is 2.70. The number of hydrogen-bond acceptors (Lipinski definition) is 6. The van der Waals surface area contributed by atoms with Crippen molar-refractivity contribution in [1.29, 1.82) is 0 Å². The standard InChI is InChI=1S/C19H20N6O/c1-3-25(4-2)19(26)14-8-9-17(22-12-14)24-18-7-5-6-15(23-18)16-13-20-10-11-21-16/h5-13H,3-4H2,1-2H3,(H,22,23,24). The zero-order chi connectivity index (χ0) is 18.4. The molecule has 3 heterocycles. The molecule has 1 amide bonds. The lowest BCUT2D eigenvalue weighted by atomic mass is 10.2. The van der Waals surface area contributed by atoms with Crippen LogP contribution in [0.4, 0.5) is 11.6 Å². The monoisotopic (exact) mass is 348 g/mol. The summed E-state index contributed by atoms with van der Waals surface area (Å²) in [7, 11) is 0. The maximum Gasteiger partial charge on any atom is 0.255 e. The zero-order valence-corrected chi connectivity index (χ0v) is 14.8. The lowest BCUT2D eigenvalue weighted by Crippen LogP contribution is -2.30. The molecule has 0 spiro atoms. The molecule has 0 bridgehead atoms. The van der Waals surface area contributed by atoms with Gasteiger partial charge in [-0.3, -0.25) is 14.8 Å². The molecule has 0 aromatic carbocycles. The van der Waals surface area contributed by atoms with E-state index in [-0.39, 0.29) is 5.91 Å². The van der Waals surface area contributed by atoms with E-state index in [9.17, 15) is 4.79 Å². The minimum atomic E-state index is -0.0168. The van der Waals surface area contributed by atoms with Crippen molar-refractivity contribution in [3.63, 3.8) is 0 Å². The van der Waals surface area contributed by atoms with Crippen LogP contribution in [0, 0.1) is 0 Å². The molecule has 26 heavy (non-hydrogen) atoms. The SMILES string of the molecule is CCN(CC)C(=O)c1ccc(Nc2cccc(-c3cnccn3)n2)nc1.